The SMILES string of the molecule is c1ccc(-n2c3ccccc3c3cc(-c4cccc(-c5ccc6oc7cccc(-c8cnc9c(n8)sc8c%10ccccc%10c%10ccccc%10c98)c7c6c5)c4)ccc32)cc1. The zero-order chi connectivity index (χ0) is 38.6. The Morgan fingerprint density at radius 2 is 1.08 bits per heavy atom. The lowest BCUT2D eigenvalue weighted by Crippen LogP contribution is -1.92. The third-order valence-corrected chi connectivity index (χ3v) is 13.2. The fraction of sp³-hybridized carbons (Fsp3) is 0. The highest BCUT2D eigenvalue weighted by molar-refractivity contribution is 7.26. The number of benzene rings is 9. The molecule has 4 nitrogen and oxygen atoms in total. The van der Waals surface area contributed by atoms with Crippen LogP contribution in [0.4, 0.5) is 0 Å². The molecule has 0 radical (unpaired) electrons. The topological polar surface area (TPSA) is 43.9 Å². The van der Waals surface area contributed by atoms with Crippen LogP contribution in [-0.2, 0) is 0 Å². The summed E-state index contributed by atoms with van der Waals surface area (Å²) in [6.45, 7) is 0. The van der Waals surface area contributed by atoms with Gasteiger partial charge in [-0.2, -0.15) is 0 Å². The van der Waals surface area contributed by atoms with Crippen molar-refractivity contribution in [3.05, 3.63) is 188 Å². The summed E-state index contributed by atoms with van der Waals surface area (Å²) in [6, 6.07) is 65.1. The second-order valence-corrected chi connectivity index (χ2v) is 16.3. The minimum atomic E-state index is 0.835. The number of thiophene rings is 1. The third-order valence-electron chi connectivity index (χ3n) is 12.0. The van der Waals surface area contributed by atoms with E-state index in [-0.39, 0.29) is 0 Å². The molecule has 0 spiro atoms. The number of hydrogen-bond donors (Lipinski definition) is 0. The number of rotatable bonds is 4. The summed E-state index contributed by atoms with van der Waals surface area (Å²) in [5, 5.41) is 10.7. The molecule has 0 saturated heterocycles. The maximum Gasteiger partial charge on any atom is 0.143 e. The Kier molecular flexibility index (Phi) is 6.85. The van der Waals surface area contributed by atoms with Crippen LogP contribution in [0.15, 0.2) is 193 Å². The van der Waals surface area contributed by atoms with E-state index in [2.05, 4.69) is 180 Å². The smallest absolute Gasteiger partial charge is 0.143 e. The Balaban J connectivity index is 0.933. The lowest BCUT2D eigenvalue weighted by molar-refractivity contribution is 0.669. The van der Waals surface area contributed by atoms with Crippen LogP contribution in [0.2, 0.25) is 0 Å². The van der Waals surface area contributed by atoms with Gasteiger partial charge in [0.25, 0.3) is 0 Å². The van der Waals surface area contributed by atoms with Gasteiger partial charge in [0.15, 0.2) is 0 Å². The van der Waals surface area contributed by atoms with Crippen LogP contribution < -0.4 is 0 Å². The molecule has 0 aliphatic rings. The molecular formula is C54H31N3OS. The zero-order valence-corrected chi connectivity index (χ0v) is 32.4. The van der Waals surface area contributed by atoms with Gasteiger partial charge in [-0.3, -0.25) is 4.98 Å². The maximum absolute atomic E-state index is 6.49. The molecule has 0 amide bonds. The summed E-state index contributed by atoms with van der Waals surface area (Å²) in [5.41, 5.74) is 12.7. The molecule has 0 fully saturated rings. The molecular weight excluding hydrogens is 739 g/mol. The first-order valence-corrected chi connectivity index (χ1v) is 20.7. The van der Waals surface area contributed by atoms with E-state index in [9.17, 15) is 0 Å². The van der Waals surface area contributed by atoms with Gasteiger partial charge in [-0.1, -0.05) is 127 Å². The number of nitrogens with zero attached hydrogens (tertiary/aromatic N) is 3. The van der Waals surface area contributed by atoms with Gasteiger partial charge in [-0.15, -0.1) is 11.3 Å². The van der Waals surface area contributed by atoms with E-state index in [1.165, 1.54) is 64.6 Å². The molecule has 0 saturated carbocycles. The van der Waals surface area contributed by atoms with Crippen LogP contribution in [-0.4, -0.2) is 14.5 Å². The van der Waals surface area contributed by atoms with Gasteiger partial charge in [-0.05, 0) is 93.0 Å². The molecule has 0 unspecified atom stereocenters. The molecule has 0 aliphatic carbocycles. The number of para-hydroxylation sites is 2. The van der Waals surface area contributed by atoms with E-state index in [0.29, 0.717) is 0 Å². The quantitative estimate of drug-likeness (QED) is 0.167. The first-order valence-electron chi connectivity index (χ1n) is 19.9. The molecule has 4 aromatic heterocycles. The van der Waals surface area contributed by atoms with E-state index in [0.717, 1.165) is 60.4 Å². The Bertz CT molecular complexity index is 3860. The molecule has 0 aliphatic heterocycles. The molecule has 0 N–H and O–H groups in total. The van der Waals surface area contributed by atoms with E-state index in [1.807, 2.05) is 12.3 Å². The summed E-state index contributed by atoms with van der Waals surface area (Å²) in [5.74, 6) is 0. The highest BCUT2D eigenvalue weighted by Crippen LogP contribution is 2.44. The van der Waals surface area contributed by atoms with E-state index in [4.69, 9.17) is 14.4 Å². The Hall–Kier alpha value is -7.60. The van der Waals surface area contributed by atoms with Crippen LogP contribution in [0.1, 0.15) is 0 Å². The summed E-state index contributed by atoms with van der Waals surface area (Å²) in [4.78, 5) is 11.4. The van der Waals surface area contributed by atoms with E-state index < -0.39 is 0 Å². The molecule has 4 heterocycles. The second-order valence-electron chi connectivity index (χ2n) is 15.3. The number of furan rings is 1. The van der Waals surface area contributed by atoms with Crippen molar-refractivity contribution in [1.82, 2.24) is 14.5 Å². The minimum Gasteiger partial charge on any atom is -0.456 e. The zero-order valence-electron chi connectivity index (χ0n) is 31.6. The second kappa shape index (κ2) is 12.4. The average molecular weight is 770 g/mol. The van der Waals surface area contributed by atoms with Crippen molar-refractivity contribution in [3.8, 4) is 39.2 Å². The van der Waals surface area contributed by atoms with Crippen molar-refractivity contribution in [2.45, 2.75) is 0 Å². The van der Waals surface area contributed by atoms with Gasteiger partial charge in [-0.25, -0.2) is 4.98 Å². The largest absolute Gasteiger partial charge is 0.456 e. The number of aromatic nitrogens is 3. The van der Waals surface area contributed by atoms with E-state index >= 15 is 0 Å². The van der Waals surface area contributed by atoms with Gasteiger partial charge in [0, 0.05) is 48.3 Å². The van der Waals surface area contributed by atoms with Crippen molar-refractivity contribution >= 4 is 97.1 Å². The average Bonchev–Trinajstić information content (AvgIpc) is 3.99. The maximum atomic E-state index is 6.49. The normalized spacial score (nSPS) is 12.1. The predicted octanol–water partition coefficient (Wildman–Crippen LogP) is 15.1. The molecule has 0 atom stereocenters. The monoisotopic (exact) mass is 769 g/mol. The van der Waals surface area contributed by atoms with Crippen LogP contribution in [0.3, 0.4) is 0 Å². The Morgan fingerprint density at radius 3 is 1.92 bits per heavy atom. The van der Waals surface area contributed by atoms with Gasteiger partial charge >= 0.3 is 0 Å². The standard InChI is InChI=1S/C54H31N3OS/c1-2-14-36(15-3-1)57-46-22-9-8-18-39(46)43-29-34(24-26-47(43)57)32-12-10-13-33(28-32)35-25-27-48-44(30-35)50-42(21-11-23-49(50)58-48)45-31-55-52-51-40-19-6-4-16-37(40)38-17-5-7-20-41(38)53(51)59-54(52)56-45/h1-31H. The van der Waals surface area contributed by atoms with Crippen LogP contribution >= 0.6 is 11.3 Å². The van der Waals surface area contributed by atoms with Crippen LogP contribution in [0, 0.1) is 0 Å². The molecule has 59 heavy (non-hydrogen) atoms. The van der Waals surface area contributed by atoms with Crippen molar-refractivity contribution in [1.29, 1.82) is 0 Å². The molecule has 13 rings (SSSR count). The molecule has 0 bridgehead atoms. The van der Waals surface area contributed by atoms with Crippen molar-refractivity contribution in [2.24, 2.45) is 0 Å². The van der Waals surface area contributed by atoms with Crippen molar-refractivity contribution < 1.29 is 4.42 Å². The van der Waals surface area contributed by atoms with Gasteiger partial charge in [0.05, 0.1) is 22.9 Å². The summed E-state index contributed by atoms with van der Waals surface area (Å²) in [7, 11) is 0. The first-order chi connectivity index (χ1) is 29.2. The van der Waals surface area contributed by atoms with Crippen LogP contribution in [0.25, 0.3) is 125 Å². The highest BCUT2D eigenvalue weighted by Gasteiger charge is 2.20. The lowest BCUT2D eigenvalue weighted by Gasteiger charge is -2.09. The van der Waals surface area contributed by atoms with E-state index in [1.54, 1.807) is 11.3 Å². The Morgan fingerprint density at radius 1 is 0.441 bits per heavy atom. The van der Waals surface area contributed by atoms with Crippen LogP contribution in [0.5, 0.6) is 0 Å². The van der Waals surface area contributed by atoms with Gasteiger partial charge in [0.2, 0.25) is 0 Å². The molecule has 13 aromatic rings. The Labute approximate surface area is 341 Å². The van der Waals surface area contributed by atoms with Gasteiger partial charge in [0.1, 0.15) is 21.5 Å². The molecule has 5 heteroatoms. The fourth-order valence-corrected chi connectivity index (χ4v) is 10.6. The number of fused-ring (bicyclic) bond motifs is 14. The van der Waals surface area contributed by atoms with Crippen molar-refractivity contribution in [2.75, 3.05) is 0 Å². The van der Waals surface area contributed by atoms with Crippen molar-refractivity contribution in [3.63, 3.8) is 0 Å². The third kappa shape index (κ3) is 4.83. The highest BCUT2D eigenvalue weighted by atomic mass is 32.1. The van der Waals surface area contributed by atoms with Gasteiger partial charge < -0.3 is 8.98 Å². The molecule has 9 aromatic carbocycles. The number of hydrogen-bond acceptors (Lipinski definition) is 4. The molecule has 274 valence electrons. The summed E-state index contributed by atoms with van der Waals surface area (Å²) >= 11 is 1.73. The summed E-state index contributed by atoms with van der Waals surface area (Å²) in [6.07, 6.45) is 1.94. The summed E-state index contributed by atoms with van der Waals surface area (Å²) < 4.78 is 10.1. The lowest BCUT2D eigenvalue weighted by atomic mass is 9.96. The first kappa shape index (κ1) is 32.5. The predicted molar refractivity (Wildman–Crippen MR) is 248 cm³/mol. The minimum absolute atomic E-state index is 0.835. The fourth-order valence-electron chi connectivity index (χ4n) is 9.40.